The highest BCUT2D eigenvalue weighted by atomic mass is 31.2. The topological polar surface area (TPSA) is 40.1 Å². The summed E-state index contributed by atoms with van der Waals surface area (Å²) in [6.45, 7) is -3.03. The second-order valence-electron chi connectivity index (χ2n) is 9.97. The predicted octanol–water partition coefficient (Wildman–Crippen LogP) is 4.85. The molecule has 0 fully saturated rings. The summed E-state index contributed by atoms with van der Waals surface area (Å²) in [6.07, 6.45) is 0. The lowest BCUT2D eigenvalue weighted by atomic mass is 10.4. The number of hydrogen-bond donors (Lipinski definition) is 0. The van der Waals surface area contributed by atoms with Gasteiger partial charge in [-0.2, -0.15) is 0 Å². The van der Waals surface area contributed by atoms with Gasteiger partial charge in [0.2, 0.25) is 0 Å². The second-order valence-corrected chi connectivity index (χ2v) is 17.0. The first-order chi connectivity index (χ1) is 20.7. The van der Waals surface area contributed by atoms with Gasteiger partial charge in [0.15, 0.2) is 0 Å². The number of benzene rings is 6. The summed E-state index contributed by atoms with van der Waals surface area (Å²) in [6, 6.07) is 61.1. The normalized spacial score (nSPS) is 11.5. The first-order valence-electron chi connectivity index (χ1n) is 13.9. The molecule has 0 bridgehead atoms. The van der Waals surface area contributed by atoms with E-state index in [1.807, 2.05) is 109 Å². The highest BCUT2D eigenvalue weighted by Crippen LogP contribution is 2.65. The van der Waals surface area contributed by atoms with Crippen molar-refractivity contribution < 1.29 is 9.90 Å². The number of hydrogen-bond acceptors (Lipinski definition) is 2. The van der Waals surface area contributed by atoms with Crippen LogP contribution in [0.5, 0.6) is 0 Å². The lowest BCUT2D eigenvalue weighted by molar-refractivity contribution is -0.293. The van der Waals surface area contributed by atoms with Crippen molar-refractivity contribution in [2.24, 2.45) is 0 Å². The van der Waals surface area contributed by atoms with E-state index in [0.29, 0.717) is 5.03 Å². The molecule has 6 aromatic rings. The lowest BCUT2D eigenvalue weighted by Crippen LogP contribution is -2.48. The molecule has 0 amide bonds. The van der Waals surface area contributed by atoms with Crippen molar-refractivity contribution in [3.05, 3.63) is 182 Å². The van der Waals surface area contributed by atoms with Crippen molar-refractivity contribution in [1.82, 2.24) is 0 Å². The van der Waals surface area contributed by atoms with Crippen LogP contribution in [0.15, 0.2) is 182 Å². The van der Waals surface area contributed by atoms with Gasteiger partial charge in [0.25, 0.3) is 0 Å². The molecule has 2 nitrogen and oxygen atoms in total. The van der Waals surface area contributed by atoms with Crippen molar-refractivity contribution in [3.8, 4) is 0 Å². The molecular weight excluding hydrogens is 550 g/mol. The number of carboxylic acids is 1. The van der Waals surface area contributed by atoms with Crippen molar-refractivity contribution in [2.45, 2.75) is 0 Å². The van der Waals surface area contributed by atoms with Crippen LogP contribution in [0, 0.1) is 0 Å². The maximum atomic E-state index is 14.3. The Hall–Kier alpha value is -4.48. The fourth-order valence-electron chi connectivity index (χ4n) is 6.04. The maximum absolute atomic E-state index is 14.3. The van der Waals surface area contributed by atoms with Crippen LogP contribution in [-0.4, -0.2) is 11.0 Å². The van der Waals surface area contributed by atoms with Gasteiger partial charge >= 0.3 is 0 Å². The van der Waals surface area contributed by atoms with E-state index in [1.54, 1.807) is 0 Å². The molecule has 42 heavy (non-hydrogen) atoms. The summed E-state index contributed by atoms with van der Waals surface area (Å²) in [5.74, 6) is -1.12. The fraction of sp³-hybridized carbons (Fsp3) is 0. The zero-order valence-electron chi connectivity index (χ0n) is 23.0. The summed E-state index contributed by atoms with van der Waals surface area (Å²) in [5, 5.41) is 20.7. The third-order valence-corrected chi connectivity index (χ3v) is 17.6. The summed E-state index contributed by atoms with van der Waals surface area (Å²) in [5.41, 5.74) is 0. The Labute approximate surface area is 248 Å². The third kappa shape index (κ3) is 4.64. The molecule has 0 radical (unpaired) electrons. The van der Waals surface area contributed by atoms with Gasteiger partial charge in [0.05, 0.1) is 0 Å². The van der Waals surface area contributed by atoms with Crippen LogP contribution in [0.25, 0.3) is 0 Å². The summed E-state index contributed by atoms with van der Waals surface area (Å²) < 4.78 is 0. The Morgan fingerprint density at radius 3 is 0.881 bits per heavy atom. The number of carboxylic acid groups (broad SMARTS) is 1. The second kappa shape index (κ2) is 12.2. The van der Waals surface area contributed by atoms with E-state index in [9.17, 15) is 9.90 Å². The largest absolute Gasteiger partial charge is 0.541 e. The van der Waals surface area contributed by atoms with Crippen LogP contribution < -0.4 is 36.9 Å². The Morgan fingerprint density at radius 2 is 0.643 bits per heavy atom. The first kappa shape index (κ1) is 27.7. The molecule has 6 rings (SSSR count). The molecule has 204 valence electrons. The van der Waals surface area contributed by atoms with Gasteiger partial charge in [0.1, 0.15) is 34.2 Å². The van der Waals surface area contributed by atoms with Crippen LogP contribution in [0.2, 0.25) is 0 Å². The molecule has 4 heteroatoms. The van der Waals surface area contributed by atoms with E-state index in [2.05, 4.69) is 72.8 Å². The number of carbonyl (C=O) groups is 1. The molecule has 0 unspecified atom stereocenters. The molecule has 0 heterocycles. The molecular formula is C38H30O2P2. The van der Waals surface area contributed by atoms with Gasteiger partial charge in [-0.1, -0.05) is 146 Å². The van der Waals surface area contributed by atoms with Gasteiger partial charge in [-0.05, 0) is 52.3 Å². The molecule has 0 aromatic heterocycles. The van der Waals surface area contributed by atoms with Crippen molar-refractivity contribution >= 4 is 57.0 Å². The average Bonchev–Trinajstić information content (AvgIpc) is 3.07. The van der Waals surface area contributed by atoms with E-state index in [0.717, 1.165) is 31.8 Å². The molecule has 0 aliphatic carbocycles. The minimum Gasteiger partial charge on any atom is -0.541 e. The molecule has 0 spiro atoms. The van der Waals surface area contributed by atoms with E-state index >= 15 is 0 Å². The van der Waals surface area contributed by atoms with Gasteiger partial charge in [-0.3, -0.25) is 0 Å². The average molecular weight is 581 g/mol. The zero-order chi connectivity index (χ0) is 28.8. The van der Waals surface area contributed by atoms with E-state index in [4.69, 9.17) is 0 Å². The van der Waals surface area contributed by atoms with Crippen molar-refractivity contribution in [2.75, 3.05) is 0 Å². The van der Waals surface area contributed by atoms with E-state index in [1.165, 1.54) is 0 Å². The molecule has 0 atom stereocenters. The van der Waals surface area contributed by atoms with Crippen LogP contribution in [0.3, 0.4) is 0 Å². The summed E-state index contributed by atoms with van der Waals surface area (Å²) in [4.78, 5) is 14.3. The van der Waals surface area contributed by atoms with Gasteiger partial charge in [-0.15, -0.1) is 0 Å². The summed E-state index contributed by atoms with van der Waals surface area (Å²) >= 11 is 0. The predicted molar refractivity (Wildman–Crippen MR) is 180 cm³/mol. The minimum atomic E-state index is -3.03. The zero-order valence-corrected chi connectivity index (χ0v) is 24.8. The SMILES string of the molecule is O=C([O-])C(=P(c1ccccc1)(c1ccccc1)c1ccccc1)[P+](c1ccccc1)(c1ccccc1)c1ccccc1. The Morgan fingerprint density at radius 1 is 0.405 bits per heavy atom. The van der Waals surface area contributed by atoms with Crippen molar-refractivity contribution in [1.29, 1.82) is 0 Å². The molecule has 0 aliphatic heterocycles. The molecule has 0 aliphatic rings. The van der Waals surface area contributed by atoms with Gasteiger partial charge in [-0.25, -0.2) is 0 Å². The smallest absolute Gasteiger partial charge is 0.147 e. The van der Waals surface area contributed by atoms with Gasteiger partial charge < -0.3 is 9.90 Å². The van der Waals surface area contributed by atoms with Gasteiger partial charge in [0, 0.05) is 6.89 Å². The van der Waals surface area contributed by atoms with E-state index < -0.39 is 20.1 Å². The molecule has 0 saturated carbocycles. The molecule has 0 saturated heterocycles. The number of aliphatic carboxylic acids is 1. The van der Waals surface area contributed by atoms with Crippen molar-refractivity contribution in [3.63, 3.8) is 0 Å². The molecule has 0 N–H and O–H groups in total. The van der Waals surface area contributed by atoms with E-state index in [-0.39, 0.29) is 0 Å². The highest BCUT2D eigenvalue weighted by Gasteiger charge is 2.55. The Balaban J connectivity index is 2.01. The highest BCUT2D eigenvalue weighted by molar-refractivity contribution is 8.22. The maximum Gasteiger partial charge on any atom is 0.147 e. The van der Waals surface area contributed by atoms with Crippen LogP contribution in [0.4, 0.5) is 0 Å². The standard InChI is InChI=1S/C38H30O2P2/c39-37(40)38(41(31-19-7-1-8-20-31,32-21-9-2-10-22-32)33-23-11-3-12-24-33)42(34-25-13-4-14-26-34,35-27-15-5-16-28-35)36-29-17-6-18-30-36/h1-30H. The Kier molecular flexibility index (Phi) is 8.02. The van der Waals surface area contributed by atoms with Crippen LogP contribution in [0.1, 0.15) is 0 Å². The number of carbonyl (C=O) groups excluding carboxylic acids is 1. The fourth-order valence-corrected chi connectivity index (χ4v) is 17.4. The minimum absolute atomic E-state index is 0.446. The quantitative estimate of drug-likeness (QED) is 0.242. The lowest BCUT2D eigenvalue weighted by Gasteiger charge is -2.38. The monoisotopic (exact) mass is 580 g/mol. The first-order valence-corrected chi connectivity index (χ1v) is 17.5. The summed E-state index contributed by atoms with van der Waals surface area (Å²) in [7, 11) is -3.03. The Bertz CT molecular complexity index is 1620. The van der Waals surface area contributed by atoms with Crippen LogP contribution in [-0.2, 0) is 4.79 Å². The third-order valence-electron chi connectivity index (χ3n) is 7.68. The van der Waals surface area contributed by atoms with Crippen LogP contribution >= 0.6 is 14.1 Å². The number of rotatable bonds is 8. The molecule has 6 aromatic carbocycles.